The third kappa shape index (κ3) is 4.22. The zero-order valence-electron chi connectivity index (χ0n) is 7.58. The number of thioether (sulfide) groups is 1. The minimum absolute atomic E-state index is 0.0474. The van der Waals surface area contributed by atoms with Gasteiger partial charge in [-0.15, -0.1) is 0 Å². The van der Waals surface area contributed by atoms with Gasteiger partial charge in [0.05, 0.1) is 6.42 Å². The van der Waals surface area contributed by atoms with Crippen LogP contribution in [-0.2, 0) is 0 Å². The molecule has 78 valence electrons. The van der Waals surface area contributed by atoms with E-state index in [4.69, 9.17) is 0 Å². The molecule has 0 unspecified atom stereocenters. The van der Waals surface area contributed by atoms with Crippen LogP contribution in [0.3, 0.4) is 0 Å². The fourth-order valence-corrected chi connectivity index (χ4v) is 1.90. The molecule has 5 heteroatoms. The van der Waals surface area contributed by atoms with E-state index < -0.39 is 12.6 Å². The van der Waals surface area contributed by atoms with Crippen molar-refractivity contribution in [2.45, 2.75) is 30.2 Å². The van der Waals surface area contributed by atoms with Crippen molar-refractivity contribution in [1.29, 1.82) is 0 Å². The Balaban J connectivity index is 2.02. The molecule has 1 aliphatic carbocycles. The van der Waals surface area contributed by atoms with Crippen molar-refractivity contribution in [3.63, 3.8) is 0 Å². The Morgan fingerprint density at radius 3 is 2.38 bits per heavy atom. The summed E-state index contributed by atoms with van der Waals surface area (Å²) in [4.78, 5) is 0. The summed E-state index contributed by atoms with van der Waals surface area (Å²) in [5, 5.41) is 2.85. The topological polar surface area (TPSA) is 12.0 Å². The van der Waals surface area contributed by atoms with Crippen LogP contribution >= 0.6 is 11.8 Å². The molecular weight excluding hydrogens is 199 g/mol. The first kappa shape index (κ1) is 11.2. The smallest absolute Gasteiger partial charge is 0.315 e. The van der Waals surface area contributed by atoms with Crippen molar-refractivity contribution in [2.75, 3.05) is 19.3 Å². The second kappa shape index (κ2) is 4.09. The van der Waals surface area contributed by atoms with Crippen molar-refractivity contribution in [3.8, 4) is 0 Å². The lowest BCUT2D eigenvalue weighted by Crippen LogP contribution is -2.29. The SMILES string of the molecule is CSC1(CNCCC(F)(F)F)CC1. The van der Waals surface area contributed by atoms with Gasteiger partial charge in [-0.2, -0.15) is 24.9 Å². The van der Waals surface area contributed by atoms with Crippen molar-refractivity contribution in [1.82, 2.24) is 5.32 Å². The highest BCUT2D eigenvalue weighted by Crippen LogP contribution is 2.46. The van der Waals surface area contributed by atoms with Crippen LogP contribution in [-0.4, -0.2) is 30.3 Å². The second-order valence-electron chi connectivity index (χ2n) is 3.43. The Labute approximate surface area is 80.5 Å². The molecule has 1 fully saturated rings. The third-order valence-electron chi connectivity index (χ3n) is 2.27. The predicted octanol–water partition coefficient (Wildman–Crippen LogP) is 2.42. The summed E-state index contributed by atoms with van der Waals surface area (Å²) in [6.45, 7) is 0.760. The summed E-state index contributed by atoms with van der Waals surface area (Å²) < 4.78 is 35.4. The third-order valence-corrected chi connectivity index (χ3v) is 3.69. The number of hydrogen-bond acceptors (Lipinski definition) is 2. The lowest BCUT2D eigenvalue weighted by molar-refractivity contribution is -0.133. The summed E-state index contributed by atoms with van der Waals surface area (Å²) >= 11 is 1.75. The van der Waals surface area contributed by atoms with Crippen LogP contribution < -0.4 is 5.32 Å². The van der Waals surface area contributed by atoms with Gasteiger partial charge in [0, 0.05) is 17.8 Å². The maximum Gasteiger partial charge on any atom is 0.390 e. The number of halogens is 3. The Kier molecular flexibility index (Phi) is 3.51. The Morgan fingerprint density at radius 2 is 2.00 bits per heavy atom. The van der Waals surface area contributed by atoms with E-state index in [0.717, 1.165) is 12.8 Å². The molecule has 1 saturated carbocycles. The van der Waals surface area contributed by atoms with Crippen LogP contribution in [0.2, 0.25) is 0 Å². The molecule has 0 aromatic heterocycles. The van der Waals surface area contributed by atoms with Crippen LogP contribution in [0.5, 0.6) is 0 Å². The Bertz CT molecular complexity index is 165. The van der Waals surface area contributed by atoms with Crippen molar-refractivity contribution < 1.29 is 13.2 Å². The van der Waals surface area contributed by atoms with Crippen molar-refractivity contribution in [3.05, 3.63) is 0 Å². The standard InChI is InChI=1S/C8H14F3NS/c1-13-7(2-3-7)6-12-5-4-8(9,10)11/h12H,2-6H2,1H3. The van der Waals surface area contributed by atoms with Gasteiger partial charge < -0.3 is 5.32 Å². The number of alkyl halides is 3. The van der Waals surface area contributed by atoms with Gasteiger partial charge in [0.25, 0.3) is 0 Å². The molecule has 1 nitrogen and oxygen atoms in total. The molecule has 0 saturated heterocycles. The molecule has 0 heterocycles. The largest absolute Gasteiger partial charge is 0.390 e. The van der Waals surface area contributed by atoms with Crippen LogP contribution in [0.15, 0.2) is 0 Å². The molecule has 0 spiro atoms. The fraction of sp³-hybridized carbons (Fsp3) is 1.00. The monoisotopic (exact) mass is 213 g/mol. The van der Waals surface area contributed by atoms with Gasteiger partial charge in [0.2, 0.25) is 0 Å². The highest BCUT2D eigenvalue weighted by atomic mass is 32.2. The zero-order chi connectivity index (χ0) is 9.95. The second-order valence-corrected chi connectivity index (χ2v) is 4.70. The first-order valence-electron chi connectivity index (χ1n) is 4.30. The summed E-state index contributed by atoms with van der Waals surface area (Å²) in [5.41, 5.74) is 0. The lowest BCUT2D eigenvalue weighted by Gasteiger charge is -2.13. The molecule has 0 atom stereocenters. The number of nitrogens with one attached hydrogen (secondary N) is 1. The van der Waals surface area contributed by atoms with Gasteiger partial charge in [-0.25, -0.2) is 0 Å². The molecule has 0 bridgehead atoms. The minimum atomic E-state index is -4.02. The number of rotatable bonds is 5. The van der Waals surface area contributed by atoms with Crippen LogP contribution in [0, 0.1) is 0 Å². The zero-order valence-corrected chi connectivity index (χ0v) is 8.39. The quantitative estimate of drug-likeness (QED) is 0.704. The van der Waals surface area contributed by atoms with Crippen molar-refractivity contribution >= 4 is 11.8 Å². The molecule has 1 aliphatic rings. The first-order chi connectivity index (χ1) is 5.97. The highest BCUT2D eigenvalue weighted by molar-refractivity contribution is 8.00. The number of hydrogen-bond donors (Lipinski definition) is 1. The van der Waals surface area contributed by atoms with Gasteiger partial charge in [-0.05, 0) is 19.1 Å². The molecule has 1 rings (SSSR count). The van der Waals surface area contributed by atoms with E-state index in [1.807, 2.05) is 6.26 Å². The maximum atomic E-state index is 11.7. The molecule has 0 aromatic carbocycles. The van der Waals surface area contributed by atoms with E-state index in [1.165, 1.54) is 0 Å². The van der Waals surface area contributed by atoms with Crippen LogP contribution in [0.1, 0.15) is 19.3 Å². The Hall–Kier alpha value is 0.100. The van der Waals surface area contributed by atoms with E-state index in [2.05, 4.69) is 5.32 Å². The molecule has 0 aromatic rings. The lowest BCUT2D eigenvalue weighted by atomic mass is 10.3. The highest BCUT2D eigenvalue weighted by Gasteiger charge is 2.41. The summed E-state index contributed by atoms with van der Waals surface area (Å²) in [5.74, 6) is 0. The van der Waals surface area contributed by atoms with E-state index in [-0.39, 0.29) is 11.3 Å². The predicted molar refractivity (Wildman–Crippen MR) is 49.0 cm³/mol. The molecule has 0 radical (unpaired) electrons. The summed E-state index contributed by atoms with van der Waals surface area (Å²) in [7, 11) is 0. The van der Waals surface area contributed by atoms with Gasteiger partial charge in [0.1, 0.15) is 0 Å². The average molecular weight is 213 g/mol. The maximum absolute atomic E-state index is 11.7. The van der Waals surface area contributed by atoms with Gasteiger partial charge in [-0.3, -0.25) is 0 Å². The molecule has 1 N–H and O–H groups in total. The average Bonchev–Trinajstić information content (AvgIpc) is 2.78. The molecule has 13 heavy (non-hydrogen) atoms. The first-order valence-corrected chi connectivity index (χ1v) is 5.53. The summed E-state index contributed by atoms with van der Waals surface area (Å²) in [6.07, 6.45) is -0.473. The van der Waals surface area contributed by atoms with Gasteiger partial charge >= 0.3 is 6.18 Å². The normalized spacial score (nSPS) is 20.3. The fourth-order valence-electron chi connectivity index (χ4n) is 1.14. The molecule has 0 aliphatic heterocycles. The Morgan fingerprint density at radius 1 is 1.38 bits per heavy atom. The van der Waals surface area contributed by atoms with E-state index >= 15 is 0 Å². The van der Waals surface area contributed by atoms with E-state index in [9.17, 15) is 13.2 Å². The molecule has 0 amide bonds. The van der Waals surface area contributed by atoms with E-state index in [0.29, 0.717) is 6.54 Å². The van der Waals surface area contributed by atoms with Crippen LogP contribution in [0.25, 0.3) is 0 Å². The van der Waals surface area contributed by atoms with Crippen molar-refractivity contribution in [2.24, 2.45) is 0 Å². The van der Waals surface area contributed by atoms with Gasteiger partial charge in [0.15, 0.2) is 0 Å². The molecular formula is C8H14F3NS. The van der Waals surface area contributed by atoms with E-state index in [1.54, 1.807) is 11.8 Å². The summed E-state index contributed by atoms with van der Waals surface area (Å²) in [6, 6.07) is 0. The van der Waals surface area contributed by atoms with Crippen LogP contribution in [0.4, 0.5) is 13.2 Å². The minimum Gasteiger partial charge on any atom is -0.315 e. The van der Waals surface area contributed by atoms with Gasteiger partial charge in [-0.1, -0.05) is 0 Å².